The van der Waals surface area contributed by atoms with Gasteiger partial charge in [0.15, 0.2) is 0 Å². The molecule has 1 amide bonds. The molecule has 126 valence electrons. The lowest BCUT2D eigenvalue weighted by molar-refractivity contribution is 0.102. The van der Waals surface area contributed by atoms with Gasteiger partial charge in [-0.15, -0.1) is 11.3 Å². The molecule has 0 aliphatic rings. The highest BCUT2D eigenvalue weighted by molar-refractivity contribution is 7.07. The molecule has 7 heteroatoms. The number of hydrogen-bond donors (Lipinski definition) is 3. The number of anilines is 1. The van der Waals surface area contributed by atoms with Gasteiger partial charge in [-0.25, -0.2) is 4.98 Å². The minimum Gasteiger partial charge on any atom is -0.361 e. The van der Waals surface area contributed by atoms with Crippen LogP contribution in [0.2, 0.25) is 0 Å². The van der Waals surface area contributed by atoms with Crippen molar-refractivity contribution in [1.29, 1.82) is 0 Å². The van der Waals surface area contributed by atoms with E-state index in [1.165, 1.54) is 11.3 Å². The molecule has 0 bridgehead atoms. The van der Waals surface area contributed by atoms with E-state index in [-0.39, 0.29) is 5.91 Å². The van der Waals surface area contributed by atoms with Gasteiger partial charge in [-0.05, 0) is 35.4 Å². The maximum atomic E-state index is 12.5. The summed E-state index contributed by atoms with van der Waals surface area (Å²) in [6.07, 6.45) is 3.64. The predicted octanol–water partition coefficient (Wildman–Crippen LogP) is 4.42. The van der Waals surface area contributed by atoms with Gasteiger partial charge in [0.25, 0.3) is 5.91 Å². The fraction of sp³-hybridized carbons (Fsp3) is 0. The van der Waals surface area contributed by atoms with E-state index in [9.17, 15) is 4.79 Å². The third-order valence-electron chi connectivity index (χ3n) is 4.38. The van der Waals surface area contributed by atoms with Gasteiger partial charge in [0, 0.05) is 27.9 Å². The number of fused-ring (bicyclic) bond motifs is 2. The molecule has 5 aromatic rings. The van der Waals surface area contributed by atoms with Gasteiger partial charge >= 0.3 is 0 Å². The second-order valence-corrected chi connectivity index (χ2v) is 6.65. The Bertz CT molecular complexity index is 1240. The molecule has 2 aromatic carbocycles. The molecule has 0 unspecified atom stereocenters. The van der Waals surface area contributed by atoms with E-state index in [1.807, 2.05) is 30.5 Å². The lowest BCUT2D eigenvalue weighted by atomic mass is 9.99. The molecule has 26 heavy (non-hydrogen) atoms. The molecule has 0 atom stereocenters. The number of aromatic amines is 2. The fourth-order valence-electron chi connectivity index (χ4n) is 3.16. The molecule has 3 aromatic heterocycles. The number of hydrogen-bond acceptors (Lipinski definition) is 4. The number of nitrogens with zero attached hydrogens (tertiary/aromatic N) is 2. The number of thiazole rings is 1. The summed E-state index contributed by atoms with van der Waals surface area (Å²) >= 11 is 1.39. The average Bonchev–Trinajstić information content (AvgIpc) is 3.40. The van der Waals surface area contributed by atoms with E-state index in [0.29, 0.717) is 11.4 Å². The van der Waals surface area contributed by atoms with Gasteiger partial charge in [-0.3, -0.25) is 9.89 Å². The Morgan fingerprint density at radius 2 is 2.08 bits per heavy atom. The molecule has 0 aliphatic carbocycles. The first kappa shape index (κ1) is 14.9. The Hall–Kier alpha value is -3.45. The molecule has 3 heterocycles. The summed E-state index contributed by atoms with van der Waals surface area (Å²) in [6.45, 7) is 0. The van der Waals surface area contributed by atoms with Crippen molar-refractivity contribution in [1.82, 2.24) is 20.2 Å². The molecule has 0 saturated carbocycles. The Kier molecular flexibility index (Phi) is 3.32. The molecule has 0 spiro atoms. The van der Waals surface area contributed by atoms with Crippen molar-refractivity contribution >= 4 is 44.7 Å². The summed E-state index contributed by atoms with van der Waals surface area (Å²) in [5.74, 6) is -0.231. The molecular weight excluding hydrogens is 346 g/mol. The fourth-order valence-corrected chi connectivity index (χ4v) is 3.69. The second-order valence-electron chi connectivity index (χ2n) is 5.93. The zero-order valence-electron chi connectivity index (χ0n) is 13.5. The summed E-state index contributed by atoms with van der Waals surface area (Å²) in [7, 11) is 0. The van der Waals surface area contributed by atoms with Crippen molar-refractivity contribution in [2.24, 2.45) is 0 Å². The van der Waals surface area contributed by atoms with Crippen LogP contribution in [0.5, 0.6) is 0 Å². The van der Waals surface area contributed by atoms with Crippen LogP contribution in [-0.4, -0.2) is 26.1 Å². The lowest BCUT2D eigenvalue weighted by Crippen LogP contribution is -2.12. The van der Waals surface area contributed by atoms with Crippen molar-refractivity contribution in [3.05, 3.63) is 65.4 Å². The molecule has 0 aliphatic heterocycles. The second kappa shape index (κ2) is 5.82. The Morgan fingerprint density at radius 3 is 2.96 bits per heavy atom. The van der Waals surface area contributed by atoms with Gasteiger partial charge in [0.1, 0.15) is 5.69 Å². The third kappa shape index (κ3) is 2.37. The van der Waals surface area contributed by atoms with E-state index in [2.05, 4.69) is 37.6 Å². The van der Waals surface area contributed by atoms with E-state index in [4.69, 9.17) is 0 Å². The minimum absolute atomic E-state index is 0.231. The molecule has 3 N–H and O–H groups in total. The summed E-state index contributed by atoms with van der Waals surface area (Å²) in [5, 5.41) is 13.8. The van der Waals surface area contributed by atoms with Crippen LogP contribution in [0.25, 0.3) is 32.9 Å². The minimum atomic E-state index is -0.231. The molecular formula is C19H13N5OS. The number of aromatic nitrogens is 4. The van der Waals surface area contributed by atoms with E-state index in [0.717, 1.165) is 32.9 Å². The SMILES string of the molecule is O=C(Nc1cc(-c2cccc3[nH]ccc23)cc2[nH]ncc12)c1cscn1. The maximum absolute atomic E-state index is 12.5. The third-order valence-corrected chi connectivity index (χ3v) is 4.96. The zero-order chi connectivity index (χ0) is 17.5. The van der Waals surface area contributed by atoms with Crippen molar-refractivity contribution < 1.29 is 4.79 Å². The van der Waals surface area contributed by atoms with Crippen LogP contribution in [0.4, 0.5) is 5.69 Å². The van der Waals surface area contributed by atoms with Crippen LogP contribution in [0.1, 0.15) is 10.5 Å². The quantitative estimate of drug-likeness (QED) is 0.446. The highest BCUT2D eigenvalue weighted by Gasteiger charge is 2.14. The number of rotatable bonds is 3. The first-order valence-corrected chi connectivity index (χ1v) is 8.97. The lowest BCUT2D eigenvalue weighted by Gasteiger charge is -2.10. The van der Waals surface area contributed by atoms with Crippen LogP contribution >= 0.6 is 11.3 Å². The van der Waals surface area contributed by atoms with Crippen molar-refractivity contribution in [2.75, 3.05) is 5.32 Å². The number of H-pyrrole nitrogens is 2. The Labute approximate surface area is 151 Å². The van der Waals surface area contributed by atoms with Crippen LogP contribution in [0.15, 0.2) is 59.7 Å². The highest BCUT2D eigenvalue weighted by Crippen LogP contribution is 2.34. The van der Waals surface area contributed by atoms with Crippen molar-refractivity contribution in [3.8, 4) is 11.1 Å². The van der Waals surface area contributed by atoms with Gasteiger partial charge in [0.2, 0.25) is 0 Å². The predicted molar refractivity (Wildman–Crippen MR) is 103 cm³/mol. The summed E-state index contributed by atoms with van der Waals surface area (Å²) in [6, 6.07) is 12.2. The summed E-state index contributed by atoms with van der Waals surface area (Å²) in [4.78, 5) is 19.8. The number of carbonyl (C=O) groups is 1. The standard InChI is InChI=1S/C19H13N5OS/c25-19(18-9-26-10-21-18)23-16-6-11(7-17-14(16)8-22-24-17)12-2-1-3-15-13(12)4-5-20-15/h1-10,20H,(H,22,24)(H,23,25). The van der Waals surface area contributed by atoms with Gasteiger partial charge in [-0.1, -0.05) is 12.1 Å². The van der Waals surface area contributed by atoms with Crippen LogP contribution in [0, 0.1) is 0 Å². The van der Waals surface area contributed by atoms with Crippen LogP contribution in [-0.2, 0) is 0 Å². The van der Waals surface area contributed by atoms with Crippen LogP contribution < -0.4 is 5.32 Å². The number of amides is 1. The number of benzene rings is 2. The molecule has 0 fully saturated rings. The summed E-state index contributed by atoms with van der Waals surface area (Å²) in [5.41, 5.74) is 6.78. The average molecular weight is 359 g/mol. The maximum Gasteiger partial charge on any atom is 0.275 e. The monoisotopic (exact) mass is 359 g/mol. The molecule has 0 radical (unpaired) electrons. The van der Waals surface area contributed by atoms with Gasteiger partial charge in [0.05, 0.1) is 22.9 Å². The van der Waals surface area contributed by atoms with Crippen molar-refractivity contribution in [3.63, 3.8) is 0 Å². The summed E-state index contributed by atoms with van der Waals surface area (Å²) < 4.78 is 0. The van der Waals surface area contributed by atoms with Crippen LogP contribution in [0.3, 0.4) is 0 Å². The smallest absolute Gasteiger partial charge is 0.275 e. The number of nitrogens with one attached hydrogen (secondary N) is 3. The first-order valence-electron chi connectivity index (χ1n) is 8.03. The van der Waals surface area contributed by atoms with E-state index in [1.54, 1.807) is 17.1 Å². The zero-order valence-corrected chi connectivity index (χ0v) is 14.3. The Morgan fingerprint density at radius 1 is 1.12 bits per heavy atom. The highest BCUT2D eigenvalue weighted by atomic mass is 32.1. The van der Waals surface area contributed by atoms with Gasteiger partial charge in [-0.2, -0.15) is 5.10 Å². The van der Waals surface area contributed by atoms with Crippen molar-refractivity contribution in [2.45, 2.75) is 0 Å². The largest absolute Gasteiger partial charge is 0.361 e. The van der Waals surface area contributed by atoms with E-state index < -0.39 is 0 Å². The molecule has 5 rings (SSSR count). The molecule has 0 saturated heterocycles. The normalized spacial score (nSPS) is 11.2. The van der Waals surface area contributed by atoms with E-state index >= 15 is 0 Å². The number of carbonyl (C=O) groups excluding carboxylic acids is 1. The van der Waals surface area contributed by atoms with Gasteiger partial charge < -0.3 is 10.3 Å². The first-order chi connectivity index (χ1) is 12.8. The Balaban J connectivity index is 1.66. The topological polar surface area (TPSA) is 86.5 Å². The molecule has 6 nitrogen and oxygen atoms in total.